The molecule has 5 heteroatoms. The van der Waals surface area contributed by atoms with E-state index in [2.05, 4.69) is 30.0 Å². The SMILES string of the molecule is Cc1cc2ccccc2nc1N1CCC([C@H]2OCC[C@@H]2C(N)=O)CC1. The van der Waals surface area contributed by atoms with Crippen LogP contribution in [0.25, 0.3) is 10.9 Å². The largest absolute Gasteiger partial charge is 0.377 e. The number of amides is 1. The Hall–Kier alpha value is -2.14. The van der Waals surface area contributed by atoms with Gasteiger partial charge in [-0.25, -0.2) is 4.98 Å². The number of aromatic nitrogens is 1. The highest BCUT2D eigenvalue weighted by atomic mass is 16.5. The Labute approximate surface area is 148 Å². The first kappa shape index (κ1) is 16.3. The smallest absolute Gasteiger partial charge is 0.223 e. The number of hydrogen-bond acceptors (Lipinski definition) is 4. The van der Waals surface area contributed by atoms with Gasteiger partial charge in [0, 0.05) is 25.1 Å². The first-order valence-corrected chi connectivity index (χ1v) is 9.16. The fraction of sp³-hybridized carbons (Fsp3) is 0.500. The maximum absolute atomic E-state index is 11.6. The molecule has 2 saturated heterocycles. The van der Waals surface area contributed by atoms with Crippen molar-refractivity contribution in [2.75, 3.05) is 24.6 Å². The van der Waals surface area contributed by atoms with E-state index < -0.39 is 0 Å². The van der Waals surface area contributed by atoms with Gasteiger partial charge in [-0.3, -0.25) is 4.79 Å². The number of anilines is 1. The van der Waals surface area contributed by atoms with E-state index in [0.29, 0.717) is 12.5 Å². The third-order valence-electron chi connectivity index (χ3n) is 5.69. The Morgan fingerprint density at radius 3 is 2.76 bits per heavy atom. The van der Waals surface area contributed by atoms with E-state index in [-0.39, 0.29) is 17.9 Å². The molecule has 0 bridgehead atoms. The van der Waals surface area contributed by atoms with Crippen LogP contribution in [0.2, 0.25) is 0 Å². The maximum atomic E-state index is 11.6. The molecule has 2 aliphatic rings. The third-order valence-corrected chi connectivity index (χ3v) is 5.69. The van der Waals surface area contributed by atoms with Crippen LogP contribution < -0.4 is 10.6 Å². The van der Waals surface area contributed by atoms with Crippen molar-refractivity contribution in [1.82, 2.24) is 4.98 Å². The number of nitrogens with two attached hydrogens (primary N) is 1. The second-order valence-electron chi connectivity index (χ2n) is 7.28. The zero-order valence-corrected chi connectivity index (χ0v) is 14.6. The number of carbonyl (C=O) groups is 1. The van der Waals surface area contributed by atoms with E-state index >= 15 is 0 Å². The van der Waals surface area contributed by atoms with Crippen molar-refractivity contribution in [1.29, 1.82) is 0 Å². The number of carbonyl (C=O) groups excluding carboxylic acids is 1. The predicted molar refractivity (Wildman–Crippen MR) is 98.5 cm³/mol. The summed E-state index contributed by atoms with van der Waals surface area (Å²) < 4.78 is 5.85. The number of fused-ring (bicyclic) bond motifs is 1. The van der Waals surface area contributed by atoms with Crippen molar-refractivity contribution < 1.29 is 9.53 Å². The minimum absolute atomic E-state index is 0.00492. The van der Waals surface area contributed by atoms with Crippen molar-refractivity contribution in [3.63, 3.8) is 0 Å². The van der Waals surface area contributed by atoms with Gasteiger partial charge in [0.2, 0.25) is 5.91 Å². The molecule has 1 aromatic carbocycles. The zero-order chi connectivity index (χ0) is 17.4. The average molecular weight is 339 g/mol. The molecular weight excluding hydrogens is 314 g/mol. The molecule has 3 heterocycles. The topological polar surface area (TPSA) is 68.5 Å². The van der Waals surface area contributed by atoms with Crippen LogP contribution in [0.15, 0.2) is 30.3 Å². The summed E-state index contributed by atoms with van der Waals surface area (Å²) >= 11 is 0. The van der Waals surface area contributed by atoms with Crippen LogP contribution in [-0.4, -0.2) is 36.7 Å². The molecule has 25 heavy (non-hydrogen) atoms. The van der Waals surface area contributed by atoms with Crippen LogP contribution in [-0.2, 0) is 9.53 Å². The van der Waals surface area contributed by atoms with E-state index in [0.717, 1.165) is 43.7 Å². The summed E-state index contributed by atoms with van der Waals surface area (Å²) in [7, 11) is 0. The van der Waals surface area contributed by atoms with E-state index in [1.165, 1.54) is 10.9 Å². The Kier molecular flexibility index (Phi) is 4.34. The van der Waals surface area contributed by atoms with Gasteiger partial charge in [-0.1, -0.05) is 18.2 Å². The lowest BCUT2D eigenvalue weighted by molar-refractivity contribution is -0.124. The lowest BCUT2D eigenvalue weighted by atomic mass is 9.84. The van der Waals surface area contributed by atoms with Crippen LogP contribution in [0.1, 0.15) is 24.8 Å². The van der Waals surface area contributed by atoms with Gasteiger partial charge in [0.25, 0.3) is 0 Å². The Morgan fingerprint density at radius 1 is 1.24 bits per heavy atom. The summed E-state index contributed by atoms with van der Waals surface area (Å²) in [6, 6.07) is 10.5. The van der Waals surface area contributed by atoms with E-state index in [4.69, 9.17) is 15.5 Å². The molecule has 0 saturated carbocycles. The van der Waals surface area contributed by atoms with Crippen LogP contribution in [0.4, 0.5) is 5.82 Å². The van der Waals surface area contributed by atoms with Crippen molar-refractivity contribution in [2.24, 2.45) is 17.6 Å². The number of primary amides is 1. The molecule has 2 aliphatic heterocycles. The molecule has 1 aromatic heterocycles. The third kappa shape index (κ3) is 3.09. The van der Waals surface area contributed by atoms with Gasteiger partial charge in [0.1, 0.15) is 5.82 Å². The second-order valence-corrected chi connectivity index (χ2v) is 7.28. The van der Waals surface area contributed by atoms with Gasteiger partial charge < -0.3 is 15.4 Å². The molecule has 4 rings (SSSR count). The molecule has 0 aliphatic carbocycles. The number of hydrogen-bond donors (Lipinski definition) is 1. The molecule has 0 radical (unpaired) electrons. The normalized spacial score (nSPS) is 24.8. The number of para-hydroxylation sites is 1. The summed E-state index contributed by atoms with van der Waals surface area (Å²) in [5.41, 5.74) is 7.80. The van der Waals surface area contributed by atoms with Crippen molar-refractivity contribution in [3.8, 4) is 0 Å². The van der Waals surface area contributed by atoms with Gasteiger partial charge in [-0.15, -0.1) is 0 Å². The molecular formula is C20H25N3O2. The van der Waals surface area contributed by atoms with Gasteiger partial charge in [-0.05, 0) is 49.8 Å². The highest BCUT2D eigenvalue weighted by molar-refractivity contribution is 5.81. The molecule has 0 unspecified atom stereocenters. The fourth-order valence-corrected chi connectivity index (χ4v) is 4.35. The molecule has 132 valence electrons. The zero-order valence-electron chi connectivity index (χ0n) is 14.6. The van der Waals surface area contributed by atoms with Crippen LogP contribution in [0.5, 0.6) is 0 Å². The monoisotopic (exact) mass is 339 g/mol. The standard InChI is InChI=1S/C20H25N3O2/c1-13-12-15-4-2-3-5-17(15)22-20(13)23-9-6-14(7-10-23)18-16(19(21)24)8-11-25-18/h2-5,12,14,16,18H,6-11H2,1H3,(H2,21,24)/t16-,18+/m0/s1. The molecule has 1 amide bonds. The minimum Gasteiger partial charge on any atom is -0.377 e. The summed E-state index contributed by atoms with van der Waals surface area (Å²) in [6.07, 6.45) is 2.81. The summed E-state index contributed by atoms with van der Waals surface area (Å²) in [4.78, 5) is 18.9. The average Bonchev–Trinajstić information content (AvgIpc) is 3.11. The molecule has 2 fully saturated rings. The lowest BCUT2D eigenvalue weighted by Gasteiger charge is -2.37. The van der Waals surface area contributed by atoms with Crippen molar-refractivity contribution in [3.05, 3.63) is 35.9 Å². The number of pyridine rings is 1. The number of piperidine rings is 1. The first-order chi connectivity index (χ1) is 12.1. The Balaban J connectivity index is 1.49. The Bertz CT molecular complexity index is 784. The second kappa shape index (κ2) is 6.64. The summed E-state index contributed by atoms with van der Waals surface area (Å²) in [6.45, 7) is 4.68. The van der Waals surface area contributed by atoms with Gasteiger partial charge >= 0.3 is 0 Å². The molecule has 2 aromatic rings. The number of benzene rings is 1. The highest BCUT2D eigenvalue weighted by Gasteiger charge is 2.39. The molecule has 2 atom stereocenters. The summed E-state index contributed by atoms with van der Waals surface area (Å²) in [5.74, 6) is 1.17. The molecule has 0 spiro atoms. The van der Waals surface area contributed by atoms with E-state index in [9.17, 15) is 4.79 Å². The number of rotatable bonds is 3. The van der Waals surface area contributed by atoms with Crippen molar-refractivity contribution >= 4 is 22.6 Å². The van der Waals surface area contributed by atoms with Gasteiger partial charge in [0.15, 0.2) is 0 Å². The van der Waals surface area contributed by atoms with Crippen LogP contribution in [0, 0.1) is 18.8 Å². The van der Waals surface area contributed by atoms with Crippen LogP contribution in [0.3, 0.4) is 0 Å². The number of nitrogens with zero attached hydrogens (tertiary/aromatic N) is 2. The lowest BCUT2D eigenvalue weighted by Crippen LogP contribution is -2.42. The molecule has 2 N–H and O–H groups in total. The van der Waals surface area contributed by atoms with E-state index in [1.54, 1.807) is 0 Å². The Morgan fingerprint density at radius 2 is 2.00 bits per heavy atom. The quantitative estimate of drug-likeness (QED) is 0.933. The van der Waals surface area contributed by atoms with Gasteiger partial charge in [-0.2, -0.15) is 0 Å². The highest BCUT2D eigenvalue weighted by Crippen LogP contribution is 2.34. The first-order valence-electron chi connectivity index (χ1n) is 9.16. The predicted octanol–water partition coefficient (Wildman–Crippen LogP) is 2.65. The van der Waals surface area contributed by atoms with Gasteiger partial charge in [0.05, 0.1) is 17.5 Å². The molecule has 5 nitrogen and oxygen atoms in total. The minimum atomic E-state index is -0.211. The summed E-state index contributed by atoms with van der Waals surface area (Å²) in [5, 5.41) is 1.18. The number of aryl methyl sites for hydroxylation is 1. The maximum Gasteiger partial charge on any atom is 0.223 e. The van der Waals surface area contributed by atoms with Crippen molar-refractivity contribution in [2.45, 2.75) is 32.3 Å². The van der Waals surface area contributed by atoms with E-state index in [1.807, 2.05) is 12.1 Å². The van der Waals surface area contributed by atoms with Crippen LogP contribution >= 0.6 is 0 Å². The number of ether oxygens (including phenoxy) is 1. The fourth-order valence-electron chi connectivity index (χ4n) is 4.35.